The number of ether oxygens (including phenoxy) is 1. The third kappa shape index (κ3) is 3.07. The van der Waals surface area contributed by atoms with Crippen LogP contribution in [0, 0.1) is 12.3 Å². The lowest BCUT2D eigenvalue weighted by Gasteiger charge is -2.28. The Morgan fingerprint density at radius 2 is 2.13 bits per heavy atom. The Hall–Kier alpha value is -1.62. The van der Waals surface area contributed by atoms with Gasteiger partial charge in [0.15, 0.2) is 5.78 Å². The standard InChI is InChI=1S/C18H26N2O3/c1-10-15-12(8-18(3,4)9-13(15)21)20-16(10)17(22)19-11(2)14-6-5-7-23-14/h11,14,20H,5-9H2,1-4H3,(H,19,22)/t11-,14-/m0/s1. The van der Waals surface area contributed by atoms with Gasteiger partial charge in [0.05, 0.1) is 12.1 Å². The van der Waals surface area contributed by atoms with Gasteiger partial charge in [-0.3, -0.25) is 9.59 Å². The van der Waals surface area contributed by atoms with Crippen LogP contribution in [0.2, 0.25) is 0 Å². The number of rotatable bonds is 3. The van der Waals surface area contributed by atoms with Gasteiger partial charge in [-0.2, -0.15) is 0 Å². The van der Waals surface area contributed by atoms with Crippen molar-refractivity contribution >= 4 is 11.7 Å². The average molecular weight is 318 g/mol. The molecule has 0 spiro atoms. The van der Waals surface area contributed by atoms with Crippen molar-refractivity contribution in [2.45, 2.75) is 65.5 Å². The topological polar surface area (TPSA) is 71.2 Å². The molecule has 1 aromatic heterocycles. The largest absolute Gasteiger partial charge is 0.376 e. The average Bonchev–Trinajstić information content (AvgIpc) is 3.05. The van der Waals surface area contributed by atoms with Crippen LogP contribution >= 0.6 is 0 Å². The molecule has 5 nitrogen and oxygen atoms in total. The summed E-state index contributed by atoms with van der Waals surface area (Å²) in [4.78, 5) is 28.2. The van der Waals surface area contributed by atoms with Crippen molar-refractivity contribution in [1.29, 1.82) is 0 Å². The summed E-state index contributed by atoms with van der Waals surface area (Å²) in [7, 11) is 0. The number of hydrogen-bond acceptors (Lipinski definition) is 3. The maximum absolute atomic E-state index is 12.6. The van der Waals surface area contributed by atoms with E-state index in [1.165, 1.54) is 0 Å². The predicted octanol–water partition coefficient (Wildman–Crippen LogP) is 2.78. The summed E-state index contributed by atoms with van der Waals surface area (Å²) in [5, 5.41) is 3.02. The minimum Gasteiger partial charge on any atom is -0.376 e. The lowest BCUT2D eigenvalue weighted by molar-refractivity contribution is 0.0709. The summed E-state index contributed by atoms with van der Waals surface area (Å²) in [6, 6.07) is -0.0307. The molecule has 0 aromatic carbocycles. The second-order valence-electron chi connectivity index (χ2n) is 7.73. The quantitative estimate of drug-likeness (QED) is 0.900. The fourth-order valence-electron chi connectivity index (χ4n) is 3.83. The molecule has 23 heavy (non-hydrogen) atoms. The zero-order valence-electron chi connectivity index (χ0n) is 14.4. The number of amides is 1. The minimum atomic E-state index is -0.148. The van der Waals surface area contributed by atoms with Crippen molar-refractivity contribution in [3.05, 3.63) is 22.5 Å². The Labute approximate surface area is 137 Å². The van der Waals surface area contributed by atoms with Crippen LogP contribution in [0.1, 0.15) is 72.1 Å². The number of fused-ring (bicyclic) bond motifs is 1. The minimum absolute atomic E-state index is 0.0307. The second kappa shape index (κ2) is 5.78. The first-order chi connectivity index (χ1) is 10.8. The molecule has 1 aliphatic carbocycles. The molecule has 3 rings (SSSR count). The highest BCUT2D eigenvalue weighted by Gasteiger charge is 2.35. The summed E-state index contributed by atoms with van der Waals surface area (Å²) >= 11 is 0. The smallest absolute Gasteiger partial charge is 0.268 e. The summed E-state index contributed by atoms with van der Waals surface area (Å²) in [6.45, 7) is 8.77. The van der Waals surface area contributed by atoms with Gasteiger partial charge in [-0.1, -0.05) is 13.8 Å². The van der Waals surface area contributed by atoms with Crippen LogP contribution in [-0.2, 0) is 11.2 Å². The zero-order valence-corrected chi connectivity index (χ0v) is 14.4. The van der Waals surface area contributed by atoms with Crippen LogP contribution in [0.15, 0.2) is 0 Å². The van der Waals surface area contributed by atoms with Gasteiger partial charge < -0.3 is 15.0 Å². The molecule has 0 bridgehead atoms. The van der Waals surface area contributed by atoms with E-state index in [1.54, 1.807) is 0 Å². The SMILES string of the molecule is Cc1c(C(=O)N[C@@H](C)[C@@H]2CCCO2)[nH]c2c1C(=O)CC(C)(C)C2. The molecule has 1 saturated heterocycles. The predicted molar refractivity (Wildman–Crippen MR) is 87.9 cm³/mol. The van der Waals surface area contributed by atoms with Gasteiger partial charge in [0.25, 0.3) is 5.91 Å². The molecule has 2 N–H and O–H groups in total. The Morgan fingerprint density at radius 1 is 1.39 bits per heavy atom. The van der Waals surface area contributed by atoms with Crippen LogP contribution in [0.25, 0.3) is 0 Å². The first-order valence-corrected chi connectivity index (χ1v) is 8.45. The molecule has 2 aliphatic rings. The van der Waals surface area contributed by atoms with E-state index in [0.717, 1.165) is 42.7 Å². The monoisotopic (exact) mass is 318 g/mol. The van der Waals surface area contributed by atoms with Crippen LogP contribution < -0.4 is 5.32 Å². The fourth-order valence-corrected chi connectivity index (χ4v) is 3.83. The van der Waals surface area contributed by atoms with E-state index in [0.29, 0.717) is 12.1 Å². The second-order valence-corrected chi connectivity index (χ2v) is 7.73. The first kappa shape index (κ1) is 16.2. The van der Waals surface area contributed by atoms with E-state index >= 15 is 0 Å². The van der Waals surface area contributed by atoms with Gasteiger partial charge in [-0.15, -0.1) is 0 Å². The van der Waals surface area contributed by atoms with Crippen LogP contribution in [-0.4, -0.2) is 35.4 Å². The highest BCUT2D eigenvalue weighted by Crippen LogP contribution is 2.36. The normalized spacial score (nSPS) is 24.3. The maximum Gasteiger partial charge on any atom is 0.268 e. The number of carbonyl (C=O) groups is 2. The molecule has 1 aromatic rings. The van der Waals surface area contributed by atoms with Crippen LogP contribution in [0.3, 0.4) is 0 Å². The highest BCUT2D eigenvalue weighted by atomic mass is 16.5. The van der Waals surface area contributed by atoms with Crippen molar-refractivity contribution < 1.29 is 14.3 Å². The summed E-state index contributed by atoms with van der Waals surface area (Å²) in [5.41, 5.74) is 2.86. The summed E-state index contributed by atoms with van der Waals surface area (Å²) in [6.07, 6.45) is 3.44. The highest BCUT2D eigenvalue weighted by molar-refractivity contribution is 6.04. The van der Waals surface area contributed by atoms with Gasteiger partial charge in [0.2, 0.25) is 0 Å². The number of aromatic nitrogens is 1. The lowest BCUT2D eigenvalue weighted by atomic mass is 9.75. The van der Waals surface area contributed by atoms with E-state index in [4.69, 9.17) is 4.74 Å². The number of Topliss-reactive ketones (excluding diaryl/α,β-unsaturated/α-hetero) is 1. The summed E-state index contributed by atoms with van der Waals surface area (Å²) < 4.78 is 5.63. The summed E-state index contributed by atoms with van der Waals surface area (Å²) in [5.74, 6) is -0.0123. The van der Waals surface area contributed by atoms with Crippen molar-refractivity contribution in [2.75, 3.05) is 6.61 Å². The van der Waals surface area contributed by atoms with E-state index in [-0.39, 0.29) is 29.3 Å². The van der Waals surface area contributed by atoms with Crippen molar-refractivity contribution in [2.24, 2.45) is 5.41 Å². The van der Waals surface area contributed by atoms with Gasteiger partial charge >= 0.3 is 0 Å². The molecule has 1 aliphatic heterocycles. The third-order valence-corrected chi connectivity index (χ3v) is 5.01. The number of ketones is 1. The molecule has 126 valence electrons. The number of aromatic amines is 1. The lowest BCUT2D eigenvalue weighted by Crippen LogP contribution is -2.41. The van der Waals surface area contributed by atoms with E-state index in [2.05, 4.69) is 24.1 Å². The zero-order chi connectivity index (χ0) is 16.8. The molecule has 5 heteroatoms. The maximum atomic E-state index is 12.6. The first-order valence-electron chi connectivity index (χ1n) is 8.45. The van der Waals surface area contributed by atoms with E-state index in [9.17, 15) is 9.59 Å². The molecule has 0 saturated carbocycles. The third-order valence-electron chi connectivity index (χ3n) is 5.01. The number of hydrogen-bond donors (Lipinski definition) is 2. The Bertz CT molecular complexity index is 639. The molecule has 2 heterocycles. The van der Waals surface area contributed by atoms with Crippen LogP contribution in [0.4, 0.5) is 0 Å². The number of H-pyrrole nitrogens is 1. The molecule has 1 fully saturated rings. The number of carbonyl (C=O) groups excluding carboxylic acids is 2. The molecule has 2 atom stereocenters. The van der Waals surface area contributed by atoms with Crippen molar-refractivity contribution in [3.63, 3.8) is 0 Å². The van der Waals surface area contributed by atoms with Crippen molar-refractivity contribution in [3.8, 4) is 0 Å². The van der Waals surface area contributed by atoms with Crippen LogP contribution in [0.5, 0.6) is 0 Å². The fraction of sp³-hybridized carbons (Fsp3) is 0.667. The Balaban J connectivity index is 1.81. The molecule has 0 radical (unpaired) electrons. The molecular formula is C18H26N2O3. The van der Waals surface area contributed by atoms with Gasteiger partial charge in [-0.05, 0) is 44.1 Å². The Kier molecular flexibility index (Phi) is 4.08. The number of nitrogens with one attached hydrogen (secondary N) is 2. The Morgan fingerprint density at radius 3 is 2.78 bits per heavy atom. The molecule has 0 unspecified atom stereocenters. The van der Waals surface area contributed by atoms with Gasteiger partial charge in [0.1, 0.15) is 5.69 Å². The molecular weight excluding hydrogens is 292 g/mol. The molecule has 1 amide bonds. The van der Waals surface area contributed by atoms with E-state index < -0.39 is 0 Å². The van der Waals surface area contributed by atoms with Gasteiger partial charge in [0, 0.05) is 24.3 Å². The van der Waals surface area contributed by atoms with Gasteiger partial charge in [-0.25, -0.2) is 0 Å². The van der Waals surface area contributed by atoms with E-state index in [1.807, 2.05) is 13.8 Å². The van der Waals surface area contributed by atoms with Crippen molar-refractivity contribution in [1.82, 2.24) is 10.3 Å².